The third-order valence-corrected chi connectivity index (χ3v) is 2.34. The Morgan fingerprint density at radius 3 is 2.88 bits per heavy atom. The van der Waals surface area contributed by atoms with Gasteiger partial charge in [-0.05, 0) is 6.92 Å². The number of nitrogens with zero attached hydrogens (tertiary/aromatic N) is 1. The third-order valence-electron chi connectivity index (χ3n) is 2.34. The van der Waals surface area contributed by atoms with Gasteiger partial charge in [-0.25, -0.2) is 4.79 Å². The quantitative estimate of drug-likeness (QED) is 0.571. The van der Waals surface area contributed by atoms with Crippen LogP contribution in [0.3, 0.4) is 0 Å². The summed E-state index contributed by atoms with van der Waals surface area (Å²) in [5, 5.41) is 19.9. The van der Waals surface area contributed by atoms with Crippen molar-refractivity contribution in [1.29, 1.82) is 0 Å². The molecule has 1 aliphatic heterocycles. The molecular formula is C9H16N2O5. The highest BCUT2D eigenvalue weighted by Crippen LogP contribution is 2.04. The molecule has 1 aliphatic rings. The number of urea groups is 1. The van der Waals surface area contributed by atoms with E-state index in [2.05, 4.69) is 5.32 Å². The van der Waals surface area contributed by atoms with Gasteiger partial charge in [0.25, 0.3) is 0 Å². The number of carbonyl (C=O) groups is 2. The number of carboxylic acids is 1. The molecule has 0 aromatic heterocycles. The van der Waals surface area contributed by atoms with Crippen molar-refractivity contribution in [2.75, 3.05) is 26.3 Å². The molecule has 92 valence electrons. The van der Waals surface area contributed by atoms with E-state index in [1.807, 2.05) is 0 Å². The van der Waals surface area contributed by atoms with Gasteiger partial charge in [0.1, 0.15) is 6.04 Å². The molecule has 1 rings (SSSR count). The highest BCUT2D eigenvalue weighted by Gasteiger charge is 2.25. The molecule has 0 radical (unpaired) electrons. The molecule has 2 amide bonds. The lowest BCUT2D eigenvalue weighted by atomic mass is 10.3. The van der Waals surface area contributed by atoms with Crippen molar-refractivity contribution in [3.63, 3.8) is 0 Å². The Labute approximate surface area is 93.0 Å². The summed E-state index contributed by atoms with van der Waals surface area (Å²) in [5.41, 5.74) is 0. The Morgan fingerprint density at radius 2 is 2.31 bits per heavy atom. The number of rotatable bonds is 3. The fourth-order valence-electron chi connectivity index (χ4n) is 1.35. The molecule has 0 aromatic carbocycles. The summed E-state index contributed by atoms with van der Waals surface area (Å²) in [6, 6.07) is -1.38. The number of carbonyl (C=O) groups excluding carboxylic acids is 1. The van der Waals surface area contributed by atoms with Gasteiger partial charge in [-0.3, -0.25) is 4.79 Å². The number of morpholine rings is 1. The van der Waals surface area contributed by atoms with E-state index in [1.165, 1.54) is 11.8 Å². The summed E-state index contributed by atoms with van der Waals surface area (Å²) in [4.78, 5) is 23.6. The van der Waals surface area contributed by atoms with Crippen LogP contribution >= 0.6 is 0 Å². The van der Waals surface area contributed by atoms with Crippen LogP contribution in [0.1, 0.15) is 6.92 Å². The number of ether oxygens (including phenoxy) is 1. The molecule has 0 saturated carbocycles. The SMILES string of the molecule is C[C@H](NC(=O)N1CCOC(CO)C1)C(=O)O. The van der Waals surface area contributed by atoms with E-state index in [0.29, 0.717) is 13.2 Å². The molecule has 0 aliphatic carbocycles. The maximum Gasteiger partial charge on any atom is 0.325 e. The summed E-state index contributed by atoms with van der Waals surface area (Å²) in [6.45, 7) is 2.26. The predicted molar refractivity (Wildman–Crippen MR) is 54.0 cm³/mol. The highest BCUT2D eigenvalue weighted by atomic mass is 16.5. The normalized spacial score (nSPS) is 22.6. The molecule has 1 saturated heterocycles. The highest BCUT2D eigenvalue weighted by molar-refractivity contribution is 5.82. The first kappa shape index (κ1) is 12.7. The monoisotopic (exact) mass is 232 g/mol. The molecule has 1 heterocycles. The van der Waals surface area contributed by atoms with Crippen LogP contribution in [0.4, 0.5) is 4.79 Å². The maximum absolute atomic E-state index is 11.6. The zero-order valence-electron chi connectivity index (χ0n) is 9.05. The molecule has 2 atom stereocenters. The molecule has 1 fully saturated rings. The number of carboxylic acid groups (broad SMARTS) is 1. The van der Waals surface area contributed by atoms with Gasteiger partial charge in [0, 0.05) is 6.54 Å². The standard InChI is InChI=1S/C9H16N2O5/c1-6(8(13)14)10-9(15)11-2-3-16-7(4-11)5-12/h6-7,12H,2-5H2,1H3,(H,10,15)(H,13,14)/t6-,7?/m0/s1. The summed E-state index contributed by atoms with van der Waals surface area (Å²) in [6.07, 6.45) is -0.389. The summed E-state index contributed by atoms with van der Waals surface area (Å²) < 4.78 is 5.17. The van der Waals surface area contributed by atoms with Crippen molar-refractivity contribution in [2.24, 2.45) is 0 Å². The lowest BCUT2D eigenvalue weighted by Gasteiger charge is -2.32. The number of aliphatic hydroxyl groups excluding tert-OH is 1. The Hall–Kier alpha value is -1.34. The second kappa shape index (κ2) is 5.66. The van der Waals surface area contributed by atoms with Gasteiger partial charge < -0.3 is 25.2 Å². The van der Waals surface area contributed by atoms with Crippen molar-refractivity contribution in [1.82, 2.24) is 10.2 Å². The molecular weight excluding hydrogens is 216 g/mol. The molecule has 7 heteroatoms. The number of aliphatic hydroxyl groups is 1. The molecule has 0 aromatic rings. The Balaban J connectivity index is 2.44. The number of nitrogens with one attached hydrogen (secondary N) is 1. The number of hydrogen-bond donors (Lipinski definition) is 3. The van der Waals surface area contributed by atoms with E-state index < -0.39 is 18.0 Å². The first-order chi connectivity index (χ1) is 7.54. The van der Waals surface area contributed by atoms with Gasteiger partial charge >= 0.3 is 12.0 Å². The zero-order chi connectivity index (χ0) is 12.1. The van der Waals surface area contributed by atoms with Gasteiger partial charge in [-0.15, -0.1) is 0 Å². The van der Waals surface area contributed by atoms with Crippen molar-refractivity contribution in [2.45, 2.75) is 19.1 Å². The maximum atomic E-state index is 11.6. The predicted octanol–water partition coefficient (Wildman–Crippen LogP) is -1.14. The van der Waals surface area contributed by atoms with E-state index in [1.54, 1.807) is 0 Å². The van der Waals surface area contributed by atoms with E-state index >= 15 is 0 Å². The minimum Gasteiger partial charge on any atom is -0.480 e. The zero-order valence-corrected chi connectivity index (χ0v) is 9.05. The minimum absolute atomic E-state index is 0.154. The first-order valence-corrected chi connectivity index (χ1v) is 5.05. The lowest BCUT2D eigenvalue weighted by molar-refractivity contribution is -0.138. The van der Waals surface area contributed by atoms with Crippen LogP contribution in [-0.4, -0.2) is 65.6 Å². The fraction of sp³-hybridized carbons (Fsp3) is 0.778. The number of aliphatic carboxylic acids is 1. The molecule has 7 nitrogen and oxygen atoms in total. The molecule has 16 heavy (non-hydrogen) atoms. The summed E-state index contributed by atoms with van der Waals surface area (Å²) in [7, 11) is 0. The fourth-order valence-corrected chi connectivity index (χ4v) is 1.35. The van der Waals surface area contributed by atoms with Crippen molar-refractivity contribution in [3.05, 3.63) is 0 Å². The Bertz CT molecular complexity index is 271. The summed E-state index contributed by atoms with van der Waals surface area (Å²) in [5.74, 6) is -1.08. The largest absolute Gasteiger partial charge is 0.480 e. The van der Waals surface area contributed by atoms with Crippen LogP contribution in [0.25, 0.3) is 0 Å². The van der Waals surface area contributed by atoms with Crippen LogP contribution < -0.4 is 5.32 Å². The van der Waals surface area contributed by atoms with E-state index in [0.717, 1.165) is 0 Å². The molecule has 1 unspecified atom stereocenters. The average molecular weight is 232 g/mol. The van der Waals surface area contributed by atoms with Crippen LogP contribution in [0.2, 0.25) is 0 Å². The summed E-state index contributed by atoms with van der Waals surface area (Å²) >= 11 is 0. The minimum atomic E-state index is -1.08. The van der Waals surface area contributed by atoms with Crippen LogP contribution in [0, 0.1) is 0 Å². The van der Waals surface area contributed by atoms with E-state index in [9.17, 15) is 9.59 Å². The molecule has 0 bridgehead atoms. The second-order valence-electron chi connectivity index (χ2n) is 3.63. The smallest absolute Gasteiger partial charge is 0.325 e. The lowest BCUT2D eigenvalue weighted by Crippen LogP contribution is -2.53. The molecule has 0 spiro atoms. The average Bonchev–Trinajstić information content (AvgIpc) is 2.28. The Morgan fingerprint density at radius 1 is 1.62 bits per heavy atom. The van der Waals surface area contributed by atoms with Gasteiger partial charge in [-0.2, -0.15) is 0 Å². The van der Waals surface area contributed by atoms with Crippen molar-refractivity contribution >= 4 is 12.0 Å². The van der Waals surface area contributed by atoms with Gasteiger partial charge in [0.05, 0.1) is 25.9 Å². The van der Waals surface area contributed by atoms with Crippen molar-refractivity contribution in [3.8, 4) is 0 Å². The van der Waals surface area contributed by atoms with Gasteiger partial charge in [-0.1, -0.05) is 0 Å². The van der Waals surface area contributed by atoms with Crippen LogP contribution in [0.5, 0.6) is 0 Å². The first-order valence-electron chi connectivity index (χ1n) is 5.05. The van der Waals surface area contributed by atoms with Crippen molar-refractivity contribution < 1.29 is 24.5 Å². The second-order valence-corrected chi connectivity index (χ2v) is 3.63. The van der Waals surface area contributed by atoms with Gasteiger partial charge in [0.15, 0.2) is 0 Å². The topological polar surface area (TPSA) is 99.1 Å². The molecule has 3 N–H and O–H groups in total. The van der Waals surface area contributed by atoms with Crippen LogP contribution in [0.15, 0.2) is 0 Å². The Kier molecular flexibility index (Phi) is 4.51. The number of hydrogen-bond acceptors (Lipinski definition) is 4. The number of amides is 2. The third kappa shape index (κ3) is 3.35. The van der Waals surface area contributed by atoms with E-state index in [-0.39, 0.29) is 19.3 Å². The van der Waals surface area contributed by atoms with Gasteiger partial charge in [0.2, 0.25) is 0 Å². The van der Waals surface area contributed by atoms with Crippen LogP contribution in [-0.2, 0) is 9.53 Å². The van der Waals surface area contributed by atoms with E-state index in [4.69, 9.17) is 14.9 Å².